The predicted octanol–water partition coefficient (Wildman–Crippen LogP) is 3.54. The van der Waals surface area contributed by atoms with E-state index in [-0.39, 0.29) is 6.03 Å². The van der Waals surface area contributed by atoms with Crippen LogP contribution in [-0.4, -0.2) is 18.8 Å². The number of rotatable bonds is 8. The summed E-state index contributed by atoms with van der Waals surface area (Å²) in [6, 6.07) is -0.203. The molecule has 0 aromatic heterocycles. The molecule has 0 spiro atoms. The van der Waals surface area contributed by atoms with E-state index in [0.29, 0.717) is 0 Å². The largest absolute Gasteiger partial charge is 0.340 e. The van der Waals surface area contributed by atoms with Crippen molar-refractivity contribution in [2.45, 2.75) is 58.8 Å². The van der Waals surface area contributed by atoms with E-state index in [2.05, 4.69) is 17.2 Å². The molecule has 0 aliphatic carbocycles. The fraction of sp³-hybridized carbons (Fsp3) is 0.833. The summed E-state index contributed by atoms with van der Waals surface area (Å²) in [7, 11) is 0. The van der Waals surface area contributed by atoms with Gasteiger partial charge >= 0.3 is 6.03 Å². The molecule has 0 saturated heterocycles. The Morgan fingerprint density at radius 3 is 2.47 bits per heavy atom. The molecule has 0 aromatic carbocycles. The molecule has 88 valence electrons. The Hall–Kier alpha value is -0.860. The van der Waals surface area contributed by atoms with Gasteiger partial charge in [0.05, 0.1) is 0 Å². The van der Waals surface area contributed by atoms with E-state index in [1.165, 1.54) is 32.1 Å². The predicted molar refractivity (Wildman–Crippen MR) is 65.6 cm³/mol. The van der Waals surface area contributed by atoms with E-state index in [4.69, 9.17) is 0 Å². The SMILES string of the molecule is CCC=NC(=O)NCCCCCCCC. The number of carbonyl (C=O) groups excluding carboxylic acids is 1. The second-order valence-corrected chi connectivity index (χ2v) is 3.72. The summed E-state index contributed by atoms with van der Waals surface area (Å²) in [5, 5.41) is 2.77. The van der Waals surface area contributed by atoms with Crippen LogP contribution in [0.15, 0.2) is 4.99 Å². The molecule has 0 radical (unpaired) electrons. The molecule has 2 amide bonds. The molecule has 0 bridgehead atoms. The molecule has 0 unspecified atom stereocenters. The Labute approximate surface area is 93.4 Å². The first-order chi connectivity index (χ1) is 7.31. The van der Waals surface area contributed by atoms with E-state index in [1.807, 2.05) is 6.92 Å². The maximum absolute atomic E-state index is 11.0. The summed E-state index contributed by atoms with van der Waals surface area (Å²) in [6.07, 6.45) is 9.92. The normalized spacial score (nSPS) is 10.8. The van der Waals surface area contributed by atoms with Crippen LogP contribution in [0, 0.1) is 0 Å². The van der Waals surface area contributed by atoms with Crippen molar-refractivity contribution in [3.05, 3.63) is 0 Å². The van der Waals surface area contributed by atoms with Gasteiger partial charge in [-0.3, -0.25) is 0 Å². The second-order valence-electron chi connectivity index (χ2n) is 3.72. The van der Waals surface area contributed by atoms with Gasteiger partial charge < -0.3 is 5.32 Å². The third-order valence-corrected chi connectivity index (χ3v) is 2.20. The van der Waals surface area contributed by atoms with Crippen LogP contribution < -0.4 is 5.32 Å². The lowest BCUT2D eigenvalue weighted by molar-refractivity contribution is 0.249. The quantitative estimate of drug-likeness (QED) is 0.485. The molecule has 15 heavy (non-hydrogen) atoms. The zero-order valence-corrected chi connectivity index (χ0v) is 10.1. The molecule has 0 saturated carbocycles. The van der Waals surface area contributed by atoms with Crippen molar-refractivity contribution >= 4 is 12.2 Å². The fourth-order valence-corrected chi connectivity index (χ4v) is 1.32. The van der Waals surface area contributed by atoms with Crippen molar-refractivity contribution in [1.29, 1.82) is 0 Å². The topological polar surface area (TPSA) is 41.5 Å². The van der Waals surface area contributed by atoms with Crippen molar-refractivity contribution in [1.82, 2.24) is 5.32 Å². The van der Waals surface area contributed by atoms with Crippen molar-refractivity contribution < 1.29 is 4.79 Å². The highest BCUT2D eigenvalue weighted by Gasteiger charge is 1.94. The second kappa shape index (κ2) is 11.2. The van der Waals surface area contributed by atoms with Gasteiger partial charge in [-0.05, 0) is 12.8 Å². The van der Waals surface area contributed by atoms with Crippen LogP contribution in [0.1, 0.15) is 58.8 Å². The minimum absolute atomic E-state index is 0.203. The number of hydrogen-bond donors (Lipinski definition) is 1. The molecule has 3 nitrogen and oxygen atoms in total. The number of nitrogens with one attached hydrogen (secondary N) is 1. The molecule has 0 aromatic rings. The maximum atomic E-state index is 11.0. The van der Waals surface area contributed by atoms with Crippen LogP contribution in [-0.2, 0) is 0 Å². The lowest BCUT2D eigenvalue weighted by atomic mass is 10.1. The summed E-state index contributed by atoms with van der Waals surface area (Å²) >= 11 is 0. The highest BCUT2D eigenvalue weighted by molar-refractivity contribution is 5.83. The van der Waals surface area contributed by atoms with Gasteiger partial charge in [-0.1, -0.05) is 46.0 Å². The molecule has 0 rings (SSSR count). The van der Waals surface area contributed by atoms with Crippen LogP contribution >= 0.6 is 0 Å². The number of nitrogens with zero attached hydrogens (tertiary/aromatic N) is 1. The van der Waals surface area contributed by atoms with Crippen LogP contribution in [0.5, 0.6) is 0 Å². The lowest BCUT2D eigenvalue weighted by Gasteiger charge is -2.01. The Balaban J connectivity index is 3.16. The maximum Gasteiger partial charge on any atom is 0.340 e. The molecule has 0 fully saturated rings. The minimum atomic E-state index is -0.203. The Kier molecular flexibility index (Phi) is 10.6. The lowest BCUT2D eigenvalue weighted by Crippen LogP contribution is -2.20. The summed E-state index contributed by atoms with van der Waals surface area (Å²) < 4.78 is 0. The van der Waals surface area contributed by atoms with Gasteiger partial charge in [0, 0.05) is 12.8 Å². The van der Waals surface area contributed by atoms with Gasteiger partial charge in [0.2, 0.25) is 0 Å². The number of hydrogen-bond acceptors (Lipinski definition) is 1. The monoisotopic (exact) mass is 212 g/mol. The summed E-state index contributed by atoms with van der Waals surface area (Å²) in [5.74, 6) is 0. The number of aliphatic imine (C=N–C) groups is 1. The van der Waals surface area contributed by atoms with E-state index >= 15 is 0 Å². The van der Waals surface area contributed by atoms with Crippen molar-refractivity contribution in [3.63, 3.8) is 0 Å². The zero-order chi connectivity index (χ0) is 11.4. The molecule has 0 heterocycles. The van der Waals surface area contributed by atoms with Crippen molar-refractivity contribution in [3.8, 4) is 0 Å². The molecular formula is C12H24N2O. The summed E-state index contributed by atoms with van der Waals surface area (Å²) in [5.41, 5.74) is 0. The van der Waals surface area contributed by atoms with Crippen molar-refractivity contribution in [2.75, 3.05) is 6.54 Å². The third-order valence-electron chi connectivity index (χ3n) is 2.20. The van der Waals surface area contributed by atoms with Gasteiger partial charge in [-0.15, -0.1) is 0 Å². The zero-order valence-electron chi connectivity index (χ0n) is 10.1. The van der Waals surface area contributed by atoms with Gasteiger partial charge in [0.1, 0.15) is 0 Å². The summed E-state index contributed by atoms with van der Waals surface area (Å²) in [6.45, 7) is 4.93. The Bertz CT molecular complexity index is 178. The van der Waals surface area contributed by atoms with Crippen LogP contribution in [0.3, 0.4) is 0 Å². The Morgan fingerprint density at radius 2 is 1.80 bits per heavy atom. The fourth-order valence-electron chi connectivity index (χ4n) is 1.32. The molecule has 3 heteroatoms. The third kappa shape index (κ3) is 11.1. The van der Waals surface area contributed by atoms with Crippen molar-refractivity contribution in [2.24, 2.45) is 4.99 Å². The van der Waals surface area contributed by atoms with Gasteiger partial charge in [0.15, 0.2) is 0 Å². The average Bonchev–Trinajstić information content (AvgIpc) is 2.25. The first-order valence-corrected chi connectivity index (χ1v) is 6.11. The molecule has 0 aliphatic rings. The van der Waals surface area contributed by atoms with Crippen LogP contribution in [0.2, 0.25) is 0 Å². The Morgan fingerprint density at radius 1 is 1.13 bits per heavy atom. The van der Waals surface area contributed by atoms with Crippen LogP contribution in [0.4, 0.5) is 4.79 Å². The van der Waals surface area contributed by atoms with E-state index in [9.17, 15) is 4.79 Å². The first kappa shape index (κ1) is 14.1. The van der Waals surface area contributed by atoms with Gasteiger partial charge in [-0.25, -0.2) is 9.79 Å². The number of urea groups is 1. The van der Waals surface area contributed by atoms with Gasteiger partial charge in [0.25, 0.3) is 0 Å². The van der Waals surface area contributed by atoms with E-state index in [0.717, 1.165) is 19.4 Å². The highest BCUT2D eigenvalue weighted by atomic mass is 16.2. The number of amides is 2. The molecule has 0 aliphatic heterocycles. The molecule has 1 N–H and O–H groups in total. The number of carbonyl (C=O) groups is 1. The molecule has 0 atom stereocenters. The summed E-state index contributed by atoms with van der Waals surface area (Å²) in [4.78, 5) is 14.7. The van der Waals surface area contributed by atoms with E-state index < -0.39 is 0 Å². The average molecular weight is 212 g/mol. The van der Waals surface area contributed by atoms with Crippen LogP contribution in [0.25, 0.3) is 0 Å². The first-order valence-electron chi connectivity index (χ1n) is 6.11. The van der Waals surface area contributed by atoms with Gasteiger partial charge in [-0.2, -0.15) is 0 Å². The molecular weight excluding hydrogens is 188 g/mol. The smallest absolute Gasteiger partial charge is 0.336 e. The highest BCUT2D eigenvalue weighted by Crippen LogP contribution is 2.03. The standard InChI is InChI=1S/C12H24N2O/c1-3-5-6-7-8-9-11-14-12(15)13-10-4-2/h10H,3-9,11H2,1-2H3,(H,14,15). The van der Waals surface area contributed by atoms with E-state index in [1.54, 1.807) is 6.21 Å². The minimum Gasteiger partial charge on any atom is -0.336 e. The number of unbranched alkanes of at least 4 members (excludes halogenated alkanes) is 5.